The lowest BCUT2D eigenvalue weighted by molar-refractivity contribution is 0.0867. The average Bonchev–Trinajstić information content (AvgIpc) is 2.90. The summed E-state index contributed by atoms with van der Waals surface area (Å²) in [6.07, 6.45) is 0.938. The number of ether oxygens (including phenoxy) is 1. The van der Waals surface area contributed by atoms with Crippen LogP contribution in [0.2, 0.25) is 5.02 Å². The summed E-state index contributed by atoms with van der Waals surface area (Å²) in [5.41, 5.74) is 6.06. The van der Waals surface area contributed by atoms with Crippen LogP contribution < -0.4 is 5.73 Å². The molecule has 20 heavy (non-hydrogen) atoms. The Hall–Kier alpha value is -1.43. The van der Waals surface area contributed by atoms with Crippen molar-refractivity contribution < 1.29 is 9.26 Å². The molecule has 0 radical (unpaired) electrons. The second kappa shape index (κ2) is 6.35. The van der Waals surface area contributed by atoms with Crippen molar-refractivity contribution in [2.45, 2.75) is 25.8 Å². The minimum absolute atomic E-state index is 0.336. The second-order valence-electron chi connectivity index (χ2n) is 4.87. The Bertz CT molecular complexity index is 569. The quantitative estimate of drug-likeness (QED) is 0.829. The van der Waals surface area contributed by atoms with Crippen LogP contribution >= 0.6 is 11.6 Å². The van der Waals surface area contributed by atoms with E-state index in [1.807, 2.05) is 32.0 Å². The number of benzene rings is 1. The average molecular weight is 296 g/mol. The molecule has 0 bridgehead atoms. The van der Waals surface area contributed by atoms with Crippen molar-refractivity contribution in [3.8, 4) is 11.5 Å². The largest absolute Gasteiger partial charge is 0.379 e. The van der Waals surface area contributed by atoms with E-state index in [0.717, 1.165) is 6.42 Å². The second-order valence-corrected chi connectivity index (χ2v) is 5.28. The van der Waals surface area contributed by atoms with Crippen LogP contribution in [0.15, 0.2) is 28.8 Å². The third-order valence-corrected chi connectivity index (χ3v) is 3.12. The molecule has 2 aromatic rings. The smallest absolute Gasteiger partial charge is 0.259 e. The summed E-state index contributed by atoms with van der Waals surface area (Å²) in [6, 6.07) is 7.29. The highest BCUT2D eigenvalue weighted by Crippen LogP contribution is 2.27. The van der Waals surface area contributed by atoms with E-state index in [1.54, 1.807) is 6.07 Å². The van der Waals surface area contributed by atoms with Gasteiger partial charge in [-0.3, -0.25) is 0 Å². The highest BCUT2D eigenvalue weighted by atomic mass is 35.5. The normalized spacial score (nSPS) is 14.2. The predicted octanol–water partition coefficient (Wildman–Crippen LogP) is 2.99. The van der Waals surface area contributed by atoms with E-state index in [9.17, 15) is 0 Å². The molecule has 0 aliphatic heterocycles. The number of hydrogen-bond acceptors (Lipinski definition) is 5. The summed E-state index contributed by atoms with van der Waals surface area (Å²) >= 11 is 6.10. The van der Waals surface area contributed by atoms with E-state index in [2.05, 4.69) is 10.1 Å². The van der Waals surface area contributed by atoms with E-state index >= 15 is 0 Å². The van der Waals surface area contributed by atoms with Gasteiger partial charge >= 0.3 is 0 Å². The molecule has 0 saturated heterocycles. The molecule has 1 atom stereocenters. The van der Waals surface area contributed by atoms with Crippen molar-refractivity contribution in [1.29, 1.82) is 0 Å². The lowest BCUT2D eigenvalue weighted by Crippen LogP contribution is -2.39. The van der Waals surface area contributed by atoms with Crippen LogP contribution in [0.4, 0.5) is 0 Å². The van der Waals surface area contributed by atoms with Gasteiger partial charge in [-0.1, -0.05) is 35.8 Å². The zero-order valence-corrected chi connectivity index (χ0v) is 12.4. The summed E-state index contributed by atoms with van der Waals surface area (Å²) in [6.45, 7) is 4.84. The number of nitrogens with two attached hydrogens (primary N) is 1. The van der Waals surface area contributed by atoms with Gasteiger partial charge in [0.2, 0.25) is 0 Å². The molecule has 0 amide bonds. The summed E-state index contributed by atoms with van der Waals surface area (Å²) in [5, 5.41) is 4.49. The molecule has 1 heterocycles. The van der Waals surface area contributed by atoms with Crippen molar-refractivity contribution >= 4 is 11.6 Å². The molecule has 0 spiro atoms. The van der Waals surface area contributed by atoms with Crippen LogP contribution in [0, 0.1) is 0 Å². The first-order valence-corrected chi connectivity index (χ1v) is 6.88. The number of nitrogens with zero attached hydrogens (tertiary/aromatic N) is 2. The number of hydrogen-bond donors (Lipinski definition) is 1. The number of rotatable bonds is 6. The van der Waals surface area contributed by atoms with Gasteiger partial charge in [0.1, 0.15) is 5.54 Å². The van der Waals surface area contributed by atoms with E-state index in [0.29, 0.717) is 35.5 Å². The summed E-state index contributed by atoms with van der Waals surface area (Å²) in [4.78, 5) is 4.32. The van der Waals surface area contributed by atoms with Crippen molar-refractivity contribution in [3.05, 3.63) is 35.1 Å². The number of aromatic nitrogens is 2. The lowest BCUT2D eigenvalue weighted by Gasteiger charge is -2.19. The predicted molar refractivity (Wildman–Crippen MR) is 77.4 cm³/mol. The molecule has 1 aromatic heterocycles. The first-order valence-electron chi connectivity index (χ1n) is 6.50. The van der Waals surface area contributed by atoms with E-state index < -0.39 is 5.54 Å². The SMILES string of the molecule is CCCOCC(C)(N)c1noc(-c2ccccc2Cl)n1. The van der Waals surface area contributed by atoms with Crippen molar-refractivity contribution in [2.75, 3.05) is 13.2 Å². The fourth-order valence-electron chi connectivity index (χ4n) is 1.69. The van der Waals surface area contributed by atoms with Gasteiger partial charge in [-0.05, 0) is 25.5 Å². The van der Waals surface area contributed by atoms with Crippen LogP contribution in [0.1, 0.15) is 26.1 Å². The van der Waals surface area contributed by atoms with E-state index in [-0.39, 0.29) is 0 Å². The van der Waals surface area contributed by atoms with Crippen LogP contribution in [-0.4, -0.2) is 23.4 Å². The Morgan fingerprint density at radius 1 is 1.40 bits per heavy atom. The molecular formula is C14H18ClN3O2. The molecular weight excluding hydrogens is 278 g/mol. The van der Waals surface area contributed by atoms with E-state index in [4.69, 9.17) is 26.6 Å². The fraction of sp³-hybridized carbons (Fsp3) is 0.429. The van der Waals surface area contributed by atoms with Crippen LogP contribution in [0.3, 0.4) is 0 Å². The van der Waals surface area contributed by atoms with Crippen LogP contribution in [0.25, 0.3) is 11.5 Å². The van der Waals surface area contributed by atoms with Crippen LogP contribution in [-0.2, 0) is 10.3 Å². The molecule has 0 fully saturated rings. The molecule has 2 rings (SSSR count). The Kier molecular flexibility index (Phi) is 4.75. The first-order chi connectivity index (χ1) is 9.54. The first kappa shape index (κ1) is 15.0. The van der Waals surface area contributed by atoms with Gasteiger partial charge in [0, 0.05) is 6.61 Å². The topological polar surface area (TPSA) is 74.2 Å². The molecule has 5 nitrogen and oxygen atoms in total. The molecule has 108 valence electrons. The van der Waals surface area contributed by atoms with Gasteiger partial charge in [-0.2, -0.15) is 4.98 Å². The van der Waals surface area contributed by atoms with Gasteiger partial charge in [0.25, 0.3) is 5.89 Å². The Labute approximate surface area is 123 Å². The molecule has 1 unspecified atom stereocenters. The Morgan fingerprint density at radius 3 is 2.85 bits per heavy atom. The highest BCUT2D eigenvalue weighted by molar-refractivity contribution is 6.33. The highest BCUT2D eigenvalue weighted by Gasteiger charge is 2.28. The van der Waals surface area contributed by atoms with Crippen molar-refractivity contribution in [2.24, 2.45) is 5.73 Å². The summed E-state index contributed by atoms with van der Waals surface area (Å²) < 4.78 is 10.7. The number of halogens is 1. The van der Waals surface area contributed by atoms with Gasteiger partial charge in [-0.15, -0.1) is 0 Å². The monoisotopic (exact) mass is 295 g/mol. The van der Waals surface area contributed by atoms with Gasteiger partial charge < -0.3 is 15.0 Å². The minimum Gasteiger partial charge on any atom is -0.379 e. The van der Waals surface area contributed by atoms with Crippen LogP contribution in [0.5, 0.6) is 0 Å². The van der Waals surface area contributed by atoms with Gasteiger partial charge in [0.05, 0.1) is 17.2 Å². The van der Waals surface area contributed by atoms with E-state index in [1.165, 1.54) is 0 Å². The Balaban J connectivity index is 2.18. The lowest BCUT2D eigenvalue weighted by atomic mass is 10.1. The molecule has 0 aliphatic rings. The maximum Gasteiger partial charge on any atom is 0.259 e. The van der Waals surface area contributed by atoms with Gasteiger partial charge in [-0.25, -0.2) is 0 Å². The fourth-order valence-corrected chi connectivity index (χ4v) is 1.91. The zero-order valence-electron chi connectivity index (χ0n) is 11.6. The molecule has 2 N–H and O–H groups in total. The Morgan fingerprint density at radius 2 is 2.15 bits per heavy atom. The van der Waals surface area contributed by atoms with Crippen molar-refractivity contribution in [3.63, 3.8) is 0 Å². The summed E-state index contributed by atoms with van der Waals surface area (Å²) in [7, 11) is 0. The van der Waals surface area contributed by atoms with Gasteiger partial charge in [0.15, 0.2) is 5.82 Å². The minimum atomic E-state index is -0.793. The van der Waals surface area contributed by atoms with Crippen molar-refractivity contribution in [1.82, 2.24) is 10.1 Å². The zero-order chi connectivity index (χ0) is 14.6. The third kappa shape index (κ3) is 3.36. The molecule has 1 aromatic carbocycles. The third-order valence-electron chi connectivity index (χ3n) is 2.79. The summed E-state index contributed by atoms with van der Waals surface area (Å²) in [5.74, 6) is 0.765. The maximum absolute atomic E-state index is 6.17. The molecule has 0 aliphatic carbocycles. The standard InChI is InChI=1S/C14H18ClN3O2/c1-3-8-19-9-14(2,16)13-17-12(20-18-13)10-6-4-5-7-11(10)15/h4-7H,3,8-9,16H2,1-2H3. The molecule has 0 saturated carbocycles. The molecule has 6 heteroatoms. The maximum atomic E-state index is 6.17.